The van der Waals surface area contributed by atoms with Crippen molar-refractivity contribution in [3.63, 3.8) is 0 Å². The highest BCUT2D eigenvalue weighted by Crippen LogP contribution is 2.31. The van der Waals surface area contributed by atoms with Crippen LogP contribution in [0.2, 0.25) is 0 Å². The van der Waals surface area contributed by atoms with E-state index in [4.69, 9.17) is 10.00 Å². The lowest BCUT2D eigenvalue weighted by Crippen LogP contribution is -1.98. The molecule has 0 fully saturated rings. The SMILES string of the molecule is COc1cc(C#N)cc([N+](=O)[O-])c1CBr. The number of nitro groups is 1. The van der Waals surface area contributed by atoms with Crippen LogP contribution in [-0.4, -0.2) is 12.0 Å². The maximum atomic E-state index is 10.7. The van der Waals surface area contributed by atoms with Gasteiger partial charge in [-0.3, -0.25) is 10.1 Å². The summed E-state index contributed by atoms with van der Waals surface area (Å²) in [4.78, 5) is 10.2. The van der Waals surface area contributed by atoms with Gasteiger partial charge in [-0.2, -0.15) is 5.26 Å². The molecule has 0 bridgehead atoms. The minimum Gasteiger partial charge on any atom is -0.496 e. The van der Waals surface area contributed by atoms with E-state index in [0.29, 0.717) is 16.6 Å². The van der Waals surface area contributed by atoms with Crippen LogP contribution in [-0.2, 0) is 5.33 Å². The Kier molecular flexibility index (Phi) is 3.63. The van der Waals surface area contributed by atoms with E-state index in [9.17, 15) is 10.1 Å². The van der Waals surface area contributed by atoms with Crippen LogP contribution in [0.15, 0.2) is 12.1 Å². The largest absolute Gasteiger partial charge is 0.496 e. The molecule has 0 aromatic heterocycles. The fourth-order valence-corrected chi connectivity index (χ4v) is 1.74. The summed E-state index contributed by atoms with van der Waals surface area (Å²) >= 11 is 3.15. The highest BCUT2D eigenvalue weighted by atomic mass is 79.9. The normalized spacial score (nSPS) is 9.40. The third kappa shape index (κ3) is 2.25. The average molecular weight is 271 g/mol. The summed E-state index contributed by atoms with van der Waals surface area (Å²) in [5.41, 5.74) is 0.535. The van der Waals surface area contributed by atoms with Crippen LogP contribution in [0.4, 0.5) is 5.69 Å². The van der Waals surface area contributed by atoms with Crippen LogP contribution in [0, 0.1) is 21.4 Å². The zero-order valence-electron chi connectivity index (χ0n) is 7.86. The van der Waals surface area contributed by atoms with Gasteiger partial charge >= 0.3 is 0 Å². The molecule has 15 heavy (non-hydrogen) atoms. The third-order valence-corrected chi connectivity index (χ3v) is 2.43. The molecular formula is C9H7BrN2O3. The van der Waals surface area contributed by atoms with Gasteiger partial charge < -0.3 is 4.74 Å². The first-order valence-electron chi connectivity index (χ1n) is 3.95. The van der Waals surface area contributed by atoms with E-state index in [1.54, 1.807) is 0 Å². The number of nitro benzene ring substituents is 1. The van der Waals surface area contributed by atoms with Crippen molar-refractivity contribution in [3.8, 4) is 11.8 Å². The highest BCUT2D eigenvalue weighted by Gasteiger charge is 2.19. The van der Waals surface area contributed by atoms with Crippen LogP contribution >= 0.6 is 15.9 Å². The van der Waals surface area contributed by atoms with Crippen molar-refractivity contribution in [2.45, 2.75) is 5.33 Å². The number of hydrogen-bond donors (Lipinski definition) is 0. The van der Waals surface area contributed by atoms with Crippen LogP contribution in [0.3, 0.4) is 0 Å². The second-order valence-corrected chi connectivity index (χ2v) is 3.24. The van der Waals surface area contributed by atoms with Gasteiger partial charge in [0.25, 0.3) is 5.69 Å². The van der Waals surface area contributed by atoms with Crippen molar-refractivity contribution in [3.05, 3.63) is 33.4 Å². The number of nitriles is 1. The summed E-state index contributed by atoms with van der Waals surface area (Å²) in [7, 11) is 1.41. The molecular weight excluding hydrogens is 264 g/mol. The number of halogens is 1. The molecule has 78 valence electrons. The van der Waals surface area contributed by atoms with Gasteiger partial charge in [0.15, 0.2) is 0 Å². The zero-order valence-corrected chi connectivity index (χ0v) is 9.44. The molecule has 0 radical (unpaired) electrons. The van der Waals surface area contributed by atoms with Crippen LogP contribution in [0.5, 0.6) is 5.75 Å². The Morgan fingerprint density at radius 1 is 1.67 bits per heavy atom. The van der Waals surface area contributed by atoms with Gasteiger partial charge in [0.2, 0.25) is 0 Å². The van der Waals surface area contributed by atoms with E-state index in [-0.39, 0.29) is 11.3 Å². The Balaban J connectivity index is 3.47. The fraction of sp³-hybridized carbons (Fsp3) is 0.222. The lowest BCUT2D eigenvalue weighted by molar-refractivity contribution is -0.385. The molecule has 0 heterocycles. The van der Waals surface area contributed by atoms with Gasteiger partial charge in [-0.1, -0.05) is 15.9 Å². The molecule has 0 spiro atoms. The first kappa shape index (κ1) is 11.5. The predicted molar refractivity (Wildman–Crippen MR) is 57.0 cm³/mol. The summed E-state index contributed by atoms with van der Waals surface area (Å²) in [6.45, 7) is 0. The second kappa shape index (κ2) is 4.75. The minimum atomic E-state index is -0.528. The van der Waals surface area contributed by atoms with E-state index in [1.165, 1.54) is 19.2 Å². The van der Waals surface area contributed by atoms with E-state index < -0.39 is 4.92 Å². The number of nitrogens with zero attached hydrogens (tertiary/aromatic N) is 2. The van der Waals surface area contributed by atoms with E-state index in [0.717, 1.165) is 0 Å². The Bertz CT molecular complexity index is 440. The molecule has 0 N–H and O–H groups in total. The molecule has 0 aliphatic carbocycles. The lowest BCUT2D eigenvalue weighted by Gasteiger charge is -2.06. The first-order valence-corrected chi connectivity index (χ1v) is 5.07. The van der Waals surface area contributed by atoms with Gasteiger partial charge in [-0.05, 0) is 6.07 Å². The van der Waals surface area contributed by atoms with Crippen molar-refractivity contribution in [1.82, 2.24) is 0 Å². The first-order chi connectivity index (χ1) is 7.13. The Morgan fingerprint density at radius 3 is 2.73 bits per heavy atom. The quantitative estimate of drug-likeness (QED) is 0.480. The van der Waals surface area contributed by atoms with Gasteiger partial charge in [0, 0.05) is 11.4 Å². The number of alkyl halides is 1. The van der Waals surface area contributed by atoms with Gasteiger partial charge in [0.05, 0.1) is 29.2 Å². The topological polar surface area (TPSA) is 76.2 Å². The summed E-state index contributed by atoms with van der Waals surface area (Å²) < 4.78 is 4.98. The molecule has 1 aromatic rings. The number of rotatable bonds is 3. The fourth-order valence-electron chi connectivity index (χ4n) is 1.17. The van der Waals surface area contributed by atoms with Crippen molar-refractivity contribution >= 4 is 21.6 Å². The Morgan fingerprint density at radius 2 is 2.33 bits per heavy atom. The maximum Gasteiger partial charge on any atom is 0.278 e. The van der Waals surface area contributed by atoms with Gasteiger partial charge in [0.1, 0.15) is 5.75 Å². The summed E-state index contributed by atoms with van der Waals surface area (Å²) in [6.07, 6.45) is 0. The molecule has 0 aliphatic heterocycles. The van der Waals surface area contributed by atoms with E-state index in [1.807, 2.05) is 6.07 Å². The number of hydrogen-bond acceptors (Lipinski definition) is 4. The van der Waals surface area contributed by atoms with E-state index >= 15 is 0 Å². The minimum absolute atomic E-state index is 0.109. The molecule has 0 aliphatic rings. The molecule has 1 aromatic carbocycles. The molecule has 1 rings (SSSR count). The Labute approximate surface area is 94.6 Å². The monoisotopic (exact) mass is 270 g/mol. The van der Waals surface area contributed by atoms with Crippen molar-refractivity contribution in [1.29, 1.82) is 5.26 Å². The second-order valence-electron chi connectivity index (χ2n) is 2.68. The number of methoxy groups -OCH3 is 1. The van der Waals surface area contributed by atoms with E-state index in [2.05, 4.69) is 15.9 Å². The van der Waals surface area contributed by atoms with Crippen molar-refractivity contribution < 1.29 is 9.66 Å². The standard InChI is InChI=1S/C9H7BrN2O3/c1-15-9-3-6(5-11)2-8(12(13)14)7(9)4-10/h2-3H,4H2,1H3. The molecule has 0 unspecified atom stereocenters. The van der Waals surface area contributed by atoms with Crippen molar-refractivity contribution in [2.24, 2.45) is 0 Å². The van der Waals surface area contributed by atoms with Gasteiger partial charge in [-0.15, -0.1) is 0 Å². The molecule has 6 heteroatoms. The maximum absolute atomic E-state index is 10.7. The number of benzene rings is 1. The van der Waals surface area contributed by atoms with Crippen LogP contribution < -0.4 is 4.74 Å². The lowest BCUT2D eigenvalue weighted by atomic mass is 10.1. The predicted octanol–water partition coefficient (Wildman–Crippen LogP) is 2.37. The van der Waals surface area contributed by atoms with Crippen LogP contribution in [0.1, 0.15) is 11.1 Å². The highest BCUT2D eigenvalue weighted by molar-refractivity contribution is 9.08. The Hall–Kier alpha value is -1.61. The van der Waals surface area contributed by atoms with Crippen molar-refractivity contribution in [2.75, 3.05) is 7.11 Å². The third-order valence-electron chi connectivity index (χ3n) is 1.86. The molecule has 5 nitrogen and oxygen atoms in total. The average Bonchev–Trinajstić information content (AvgIpc) is 2.26. The van der Waals surface area contributed by atoms with Crippen LogP contribution in [0.25, 0.3) is 0 Å². The molecule has 0 saturated heterocycles. The molecule has 0 atom stereocenters. The summed E-state index contributed by atoms with van der Waals surface area (Å²) in [5, 5.41) is 19.7. The molecule has 0 amide bonds. The summed E-state index contributed by atoms with van der Waals surface area (Å²) in [6, 6.07) is 4.56. The number of ether oxygens (including phenoxy) is 1. The zero-order chi connectivity index (χ0) is 11.4. The summed E-state index contributed by atoms with van der Waals surface area (Å²) in [5.74, 6) is 0.345. The molecule has 0 saturated carbocycles. The van der Waals surface area contributed by atoms with Gasteiger partial charge in [-0.25, -0.2) is 0 Å². The smallest absolute Gasteiger partial charge is 0.278 e.